The SMILES string of the molecule is Cc1cc(C(=O)c2cc(C(=O)O)n(C)c2)c(C)o1. The van der Waals surface area contributed by atoms with Gasteiger partial charge in [0.15, 0.2) is 5.78 Å². The van der Waals surface area contributed by atoms with E-state index in [2.05, 4.69) is 0 Å². The highest BCUT2D eigenvalue weighted by Crippen LogP contribution is 2.19. The summed E-state index contributed by atoms with van der Waals surface area (Å²) in [5.41, 5.74) is 0.894. The van der Waals surface area contributed by atoms with Gasteiger partial charge in [-0.15, -0.1) is 0 Å². The maximum Gasteiger partial charge on any atom is 0.352 e. The Labute approximate surface area is 104 Å². The fraction of sp³-hybridized carbons (Fsp3) is 0.231. The summed E-state index contributed by atoms with van der Waals surface area (Å²) in [7, 11) is 1.59. The Morgan fingerprint density at radius 2 is 1.94 bits per heavy atom. The number of hydrogen-bond acceptors (Lipinski definition) is 3. The van der Waals surface area contributed by atoms with Crippen LogP contribution in [0, 0.1) is 13.8 Å². The lowest BCUT2D eigenvalue weighted by Crippen LogP contribution is -2.02. The predicted molar refractivity (Wildman–Crippen MR) is 64.0 cm³/mol. The molecule has 94 valence electrons. The van der Waals surface area contributed by atoms with Crippen molar-refractivity contribution in [3.05, 3.63) is 46.7 Å². The molecule has 2 heterocycles. The number of carboxylic acid groups (broad SMARTS) is 1. The third-order valence-electron chi connectivity index (χ3n) is 2.77. The average molecular weight is 247 g/mol. The molecule has 0 unspecified atom stereocenters. The monoisotopic (exact) mass is 247 g/mol. The number of furan rings is 1. The smallest absolute Gasteiger partial charge is 0.352 e. The van der Waals surface area contributed by atoms with Crippen LogP contribution in [0.3, 0.4) is 0 Å². The van der Waals surface area contributed by atoms with Gasteiger partial charge in [-0.2, -0.15) is 0 Å². The second-order valence-electron chi connectivity index (χ2n) is 4.19. The minimum absolute atomic E-state index is 0.0798. The summed E-state index contributed by atoms with van der Waals surface area (Å²) in [5.74, 6) is -0.0902. The van der Waals surface area contributed by atoms with Crippen molar-refractivity contribution >= 4 is 11.8 Å². The highest BCUT2D eigenvalue weighted by Gasteiger charge is 2.19. The van der Waals surface area contributed by atoms with Crippen LogP contribution in [0.15, 0.2) is 22.7 Å². The molecule has 18 heavy (non-hydrogen) atoms. The van der Waals surface area contributed by atoms with Crippen LogP contribution in [0.1, 0.15) is 37.9 Å². The quantitative estimate of drug-likeness (QED) is 0.843. The number of ketones is 1. The predicted octanol–water partition coefficient (Wildman–Crippen LogP) is 2.16. The third-order valence-corrected chi connectivity index (χ3v) is 2.77. The number of rotatable bonds is 3. The minimum Gasteiger partial charge on any atom is -0.477 e. The van der Waals surface area contributed by atoms with Gasteiger partial charge in [0, 0.05) is 18.8 Å². The van der Waals surface area contributed by atoms with Gasteiger partial charge in [0.1, 0.15) is 17.2 Å². The average Bonchev–Trinajstić information content (AvgIpc) is 2.81. The first-order valence-electron chi connectivity index (χ1n) is 5.41. The van der Waals surface area contributed by atoms with E-state index in [0.717, 1.165) is 0 Å². The number of aromatic nitrogens is 1. The van der Waals surface area contributed by atoms with Crippen molar-refractivity contribution in [3.63, 3.8) is 0 Å². The first-order valence-corrected chi connectivity index (χ1v) is 5.41. The molecule has 2 aromatic heterocycles. The van der Waals surface area contributed by atoms with E-state index < -0.39 is 5.97 Å². The normalized spacial score (nSPS) is 10.6. The van der Waals surface area contributed by atoms with E-state index >= 15 is 0 Å². The van der Waals surface area contributed by atoms with Gasteiger partial charge in [0.05, 0.1) is 5.56 Å². The van der Waals surface area contributed by atoms with E-state index in [1.165, 1.54) is 16.8 Å². The number of hydrogen-bond donors (Lipinski definition) is 1. The summed E-state index contributed by atoms with van der Waals surface area (Å²) < 4.78 is 6.71. The van der Waals surface area contributed by atoms with Crippen LogP contribution in [-0.4, -0.2) is 21.4 Å². The minimum atomic E-state index is -1.06. The number of nitrogens with zero attached hydrogens (tertiary/aromatic N) is 1. The Bertz CT molecular complexity index is 633. The van der Waals surface area contributed by atoms with Crippen molar-refractivity contribution in [3.8, 4) is 0 Å². The molecule has 0 fully saturated rings. The Hall–Kier alpha value is -2.30. The molecule has 5 heteroatoms. The summed E-state index contributed by atoms with van der Waals surface area (Å²) in [6, 6.07) is 3.03. The zero-order chi connectivity index (χ0) is 13.4. The van der Waals surface area contributed by atoms with Crippen LogP contribution in [0.25, 0.3) is 0 Å². The van der Waals surface area contributed by atoms with Gasteiger partial charge >= 0.3 is 5.97 Å². The molecule has 2 rings (SSSR count). The van der Waals surface area contributed by atoms with Gasteiger partial charge in [-0.3, -0.25) is 4.79 Å². The second kappa shape index (κ2) is 4.18. The molecule has 0 aromatic carbocycles. The summed E-state index contributed by atoms with van der Waals surface area (Å²) >= 11 is 0. The maximum absolute atomic E-state index is 12.2. The lowest BCUT2D eigenvalue weighted by Gasteiger charge is -1.94. The van der Waals surface area contributed by atoms with Crippen molar-refractivity contribution in [2.24, 2.45) is 7.05 Å². The largest absolute Gasteiger partial charge is 0.477 e. The summed E-state index contributed by atoms with van der Waals surface area (Å²) in [4.78, 5) is 23.1. The Morgan fingerprint density at radius 1 is 1.28 bits per heavy atom. The Morgan fingerprint density at radius 3 is 2.39 bits per heavy atom. The first-order chi connectivity index (χ1) is 8.40. The van der Waals surface area contributed by atoms with Crippen LogP contribution in [0.5, 0.6) is 0 Å². The van der Waals surface area contributed by atoms with Crippen molar-refractivity contribution < 1.29 is 19.1 Å². The third kappa shape index (κ3) is 1.95. The summed E-state index contributed by atoms with van der Waals surface area (Å²) in [6.07, 6.45) is 1.51. The number of carboxylic acids is 1. The van der Waals surface area contributed by atoms with Crippen LogP contribution in [-0.2, 0) is 7.05 Å². The van der Waals surface area contributed by atoms with E-state index in [9.17, 15) is 9.59 Å². The van der Waals surface area contributed by atoms with E-state index in [0.29, 0.717) is 22.6 Å². The molecular formula is C13H13NO4. The molecule has 5 nitrogen and oxygen atoms in total. The van der Waals surface area contributed by atoms with Crippen LogP contribution in [0.4, 0.5) is 0 Å². The lowest BCUT2D eigenvalue weighted by molar-refractivity contribution is 0.0686. The van der Waals surface area contributed by atoms with E-state index in [1.807, 2.05) is 0 Å². The molecule has 0 atom stereocenters. The number of aromatic carboxylic acids is 1. The molecule has 0 radical (unpaired) electrons. The molecular weight excluding hydrogens is 234 g/mol. The molecule has 0 amide bonds. The molecule has 0 saturated heterocycles. The van der Waals surface area contributed by atoms with E-state index in [1.54, 1.807) is 27.0 Å². The molecule has 0 aliphatic heterocycles. The lowest BCUT2D eigenvalue weighted by atomic mass is 10.1. The van der Waals surface area contributed by atoms with Crippen molar-refractivity contribution in [2.75, 3.05) is 0 Å². The molecule has 0 spiro atoms. The van der Waals surface area contributed by atoms with Gasteiger partial charge in [0.25, 0.3) is 0 Å². The van der Waals surface area contributed by atoms with Crippen LogP contribution in [0.2, 0.25) is 0 Å². The van der Waals surface area contributed by atoms with Crippen molar-refractivity contribution in [2.45, 2.75) is 13.8 Å². The summed E-state index contributed by atoms with van der Waals surface area (Å²) in [6.45, 7) is 3.47. The number of aryl methyl sites for hydroxylation is 3. The number of carbonyl (C=O) groups excluding carboxylic acids is 1. The zero-order valence-corrected chi connectivity index (χ0v) is 10.4. The molecule has 0 aliphatic carbocycles. The van der Waals surface area contributed by atoms with E-state index in [-0.39, 0.29) is 11.5 Å². The van der Waals surface area contributed by atoms with Gasteiger partial charge in [-0.25, -0.2) is 4.79 Å². The van der Waals surface area contributed by atoms with Crippen molar-refractivity contribution in [1.82, 2.24) is 4.57 Å². The fourth-order valence-electron chi connectivity index (χ4n) is 1.91. The summed E-state index contributed by atoms with van der Waals surface area (Å²) in [5, 5.41) is 8.94. The first kappa shape index (κ1) is 12.2. The van der Waals surface area contributed by atoms with Crippen LogP contribution < -0.4 is 0 Å². The van der Waals surface area contributed by atoms with Gasteiger partial charge < -0.3 is 14.1 Å². The van der Waals surface area contributed by atoms with Gasteiger partial charge in [-0.05, 0) is 26.0 Å². The second-order valence-corrected chi connectivity index (χ2v) is 4.19. The molecule has 1 N–H and O–H groups in total. The Balaban J connectivity index is 2.43. The van der Waals surface area contributed by atoms with Crippen LogP contribution >= 0.6 is 0 Å². The standard InChI is InChI=1S/C13H13NO4/c1-7-4-10(8(2)18-7)12(15)9-5-11(13(16)17)14(3)6-9/h4-6H,1-3H3,(H,16,17). The topological polar surface area (TPSA) is 72.4 Å². The maximum atomic E-state index is 12.2. The van der Waals surface area contributed by atoms with Gasteiger partial charge in [-0.1, -0.05) is 0 Å². The molecule has 0 saturated carbocycles. The fourth-order valence-corrected chi connectivity index (χ4v) is 1.91. The molecule has 0 bridgehead atoms. The van der Waals surface area contributed by atoms with Crippen molar-refractivity contribution in [1.29, 1.82) is 0 Å². The van der Waals surface area contributed by atoms with Gasteiger partial charge in [0.2, 0.25) is 0 Å². The highest BCUT2D eigenvalue weighted by molar-refractivity contribution is 6.10. The van der Waals surface area contributed by atoms with E-state index in [4.69, 9.17) is 9.52 Å². The zero-order valence-electron chi connectivity index (χ0n) is 10.4. The highest BCUT2D eigenvalue weighted by atomic mass is 16.4. The number of carbonyl (C=O) groups is 2. The molecule has 0 aliphatic rings. The Kier molecular flexibility index (Phi) is 2.82. The molecule has 2 aromatic rings.